The molecule has 262 valence electrons. The maximum atomic E-state index is 13.1. The quantitative estimate of drug-likeness (QED) is 0.180. The van der Waals surface area contributed by atoms with Crippen LogP contribution >= 0.6 is 0 Å². The molecule has 13 nitrogen and oxygen atoms in total. The van der Waals surface area contributed by atoms with Gasteiger partial charge in [0.05, 0.1) is 29.4 Å². The first-order valence-electron chi connectivity index (χ1n) is 16.2. The first kappa shape index (κ1) is 35.6. The highest BCUT2D eigenvalue weighted by atomic mass is 16.7. The maximum absolute atomic E-state index is 13.1. The van der Waals surface area contributed by atoms with E-state index in [-0.39, 0.29) is 23.8 Å². The zero-order valence-corrected chi connectivity index (χ0v) is 29.5. The van der Waals surface area contributed by atoms with Crippen molar-refractivity contribution in [3.63, 3.8) is 0 Å². The number of hydroxylamine groups is 2. The second-order valence-corrected chi connectivity index (χ2v) is 14.6. The van der Waals surface area contributed by atoms with E-state index in [1.807, 2.05) is 75.6 Å². The smallest absolute Gasteiger partial charge is 0.412 e. The van der Waals surface area contributed by atoms with Crippen molar-refractivity contribution in [2.24, 2.45) is 7.05 Å². The highest BCUT2D eigenvalue weighted by Crippen LogP contribution is 2.30. The molecule has 1 aromatic heterocycles. The van der Waals surface area contributed by atoms with E-state index in [9.17, 15) is 19.2 Å². The number of rotatable bonds is 9. The van der Waals surface area contributed by atoms with Gasteiger partial charge in [0.1, 0.15) is 41.9 Å². The molecular weight excluding hydrogens is 632 g/mol. The summed E-state index contributed by atoms with van der Waals surface area (Å²) < 4.78 is 27.2. The SMILES string of the molecule is C[n+]1cc(-c2ccc(OCC(ON3C(=O)c4ccccc4C3=O)C(=O)OC(C)(C)C)cc2)cn1CC1CN(C(=O)OC(C)(C)C)C(C)(C)O1. The molecule has 13 heteroatoms. The van der Waals surface area contributed by atoms with Crippen LogP contribution in [-0.4, -0.2) is 80.8 Å². The molecule has 2 unspecified atom stereocenters. The minimum absolute atomic E-state index is 0.191. The van der Waals surface area contributed by atoms with E-state index in [4.69, 9.17) is 23.8 Å². The number of fused-ring (bicyclic) bond motifs is 1. The van der Waals surface area contributed by atoms with Crippen LogP contribution < -0.4 is 9.42 Å². The molecule has 0 radical (unpaired) electrons. The van der Waals surface area contributed by atoms with Gasteiger partial charge in [-0.2, -0.15) is 4.68 Å². The lowest BCUT2D eigenvalue weighted by Crippen LogP contribution is -2.46. The first-order valence-corrected chi connectivity index (χ1v) is 16.2. The van der Waals surface area contributed by atoms with Crippen molar-refractivity contribution in [1.29, 1.82) is 0 Å². The lowest BCUT2D eigenvalue weighted by Gasteiger charge is -2.31. The Hall–Kier alpha value is -4.75. The summed E-state index contributed by atoms with van der Waals surface area (Å²) in [6.45, 7) is 14.9. The van der Waals surface area contributed by atoms with Gasteiger partial charge in [-0.1, -0.05) is 24.3 Å². The van der Waals surface area contributed by atoms with Gasteiger partial charge < -0.3 is 18.9 Å². The van der Waals surface area contributed by atoms with Gasteiger partial charge in [-0.3, -0.25) is 14.5 Å². The molecule has 1 saturated heterocycles. The minimum Gasteiger partial charge on any atom is -0.490 e. The second kappa shape index (κ2) is 13.3. The molecule has 3 heterocycles. The summed E-state index contributed by atoms with van der Waals surface area (Å²) in [5.74, 6) is -1.67. The molecule has 0 saturated carbocycles. The van der Waals surface area contributed by atoms with Gasteiger partial charge in [0.15, 0.2) is 7.05 Å². The summed E-state index contributed by atoms with van der Waals surface area (Å²) in [5, 5.41) is 0.586. The molecule has 2 aliphatic heterocycles. The number of carbonyl (C=O) groups is 4. The third kappa shape index (κ3) is 8.28. The molecule has 1 fully saturated rings. The Bertz CT molecular complexity index is 1700. The Morgan fingerprint density at radius 3 is 2.08 bits per heavy atom. The fraction of sp³-hybridized carbons (Fsp3) is 0.472. The van der Waals surface area contributed by atoms with E-state index >= 15 is 0 Å². The zero-order valence-electron chi connectivity index (χ0n) is 29.5. The topological polar surface area (TPSA) is 130 Å². The monoisotopic (exact) mass is 677 g/mol. The van der Waals surface area contributed by atoms with Crippen molar-refractivity contribution < 1.29 is 47.6 Å². The van der Waals surface area contributed by atoms with Crippen molar-refractivity contribution in [2.75, 3.05) is 13.2 Å². The van der Waals surface area contributed by atoms with Crippen molar-refractivity contribution in [2.45, 2.75) is 91.1 Å². The molecule has 5 rings (SSSR count). The number of nitrogens with zero attached hydrogens (tertiary/aromatic N) is 4. The Morgan fingerprint density at radius 2 is 1.51 bits per heavy atom. The first-order chi connectivity index (χ1) is 22.8. The van der Waals surface area contributed by atoms with E-state index in [1.54, 1.807) is 49.9 Å². The molecule has 0 aliphatic carbocycles. The number of carbonyl (C=O) groups excluding carboxylic acids is 4. The zero-order chi connectivity index (χ0) is 35.9. The average Bonchev–Trinajstić information content (AvgIpc) is 3.59. The molecule has 2 aromatic carbocycles. The predicted molar refractivity (Wildman–Crippen MR) is 176 cm³/mol. The van der Waals surface area contributed by atoms with E-state index in [0.29, 0.717) is 23.9 Å². The van der Waals surface area contributed by atoms with Crippen LogP contribution in [0.5, 0.6) is 5.75 Å². The maximum Gasteiger partial charge on any atom is 0.412 e. The summed E-state index contributed by atoms with van der Waals surface area (Å²) in [6.07, 6.45) is 1.92. The third-order valence-corrected chi connectivity index (χ3v) is 7.76. The van der Waals surface area contributed by atoms with Crippen LogP contribution in [-0.2, 0) is 37.4 Å². The normalized spacial score (nSPS) is 18.0. The lowest BCUT2D eigenvalue weighted by atomic mass is 10.1. The number of ether oxygens (including phenoxy) is 4. The van der Waals surface area contributed by atoms with E-state index < -0.39 is 46.9 Å². The Labute approximate surface area is 286 Å². The molecule has 3 aromatic rings. The largest absolute Gasteiger partial charge is 0.490 e. The molecule has 2 atom stereocenters. The van der Waals surface area contributed by atoms with Crippen molar-refractivity contribution in [1.82, 2.24) is 14.6 Å². The number of hydrogen-bond donors (Lipinski definition) is 0. The Kier molecular flexibility index (Phi) is 9.64. The highest BCUT2D eigenvalue weighted by Gasteiger charge is 2.45. The van der Waals surface area contributed by atoms with Crippen molar-refractivity contribution in [3.8, 4) is 16.9 Å². The number of esters is 1. The van der Waals surface area contributed by atoms with Crippen LogP contribution in [0.25, 0.3) is 11.1 Å². The van der Waals surface area contributed by atoms with E-state index in [2.05, 4.69) is 0 Å². The molecule has 49 heavy (non-hydrogen) atoms. The molecule has 3 amide bonds. The van der Waals surface area contributed by atoms with Gasteiger partial charge in [-0.05, 0) is 85.2 Å². The third-order valence-electron chi connectivity index (χ3n) is 7.76. The standard InChI is InChI=1S/C36H45N4O9/c1-34(2,3)47-32(43)29(49-40-30(41)27-12-10-11-13-28(27)31(40)42)22-45-25-16-14-23(15-17-25)24-18-37(9)38(19-24)20-26-21-39(36(7,8)46-26)33(44)48-35(4,5)6/h10-19,26,29H,20-22H2,1-9H3/q+1. The fourth-order valence-corrected chi connectivity index (χ4v) is 5.55. The molecule has 2 aliphatic rings. The van der Waals surface area contributed by atoms with Crippen LogP contribution in [0.1, 0.15) is 76.1 Å². The number of aryl methyl sites for hydroxylation is 1. The van der Waals surface area contributed by atoms with Crippen molar-refractivity contribution in [3.05, 3.63) is 72.1 Å². The number of amides is 3. The van der Waals surface area contributed by atoms with Crippen LogP contribution in [0.2, 0.25) is 0 Å². The van der Waals surface area contributed by atoms with Crippen LogP contribution in [0.3, 0.4) is 0 Å². The summed E-state index contributed by atoms with van der Waals surface area (Å²) in [7, 11) is 1.93. The minimum atomic E-state index is -1.40. The fourth-order valence-electron chi connectivity index (χ4n) is 5.55. The number of imide groups is 1. The lowest BCUT2D eigenvalue weighted by molar-refractivity contribution is -0.754. The van der Waals surface area contributed by atoms with Gasteiger partial charge >= 0.3 is 12.1 Å². The van der Waals surface area contributed by atoms with Crippen LogP contribution in [0, 0.1) is 0 Å². The van der Waals surface area contributed by atoms with Gasteiger partial charge in [-0.25, -0.2) is 14.4 Å². The van der Waals surface area contributed by atoms with Gasteiger partial charge in [0, 0.05) is 0 Å². The summed E-state index contributed by atoms with van der Waals surface area (Å²) in [4.78, 5) is 58.9. The average molecular weight is 678 g/mol. The molecular formula is C36H45N4O9+. The van der Waals surface area contributed by atoms with Gasteiger partial charge in [0.25, 0.3) is 11.8 Å². The predicted octanol–water partition coefficient (Wildman–Crippen LogP) is 4.67. The van der Waals surface area contributed by atoms with Crippen molar-refractivity contribution >= 4 is 23.9 Å². The number of hydrogen-bond acceptors (Lipinski definition) is 9. The Balaban J connectivity index is 1.23. The van der Waals surface area contributed by atoms with Crippen LogP contribution in [0.15, 0.2) is 60.9 Å². The summed E-state index contributed by atoms with van der Waals surface area (Å²) in [6, 6.07) is 13.6. The summed E-state index contributed by atoms with van der Waals surface area (Å²) >= 11 is 0. The molecule has 0 N–H and O–H groups in total. The Morgan fingerprint density at radius 1 is 0.918 bits per heavy atom. The molecule has 0 bridgehead atoms. The van der Waals surface area contributed by atoms with E-state index in [1.165, 1.54) is 12.1 Å². The van der Waals surface area contributed by atoms with Gasteiger partial charge in [-0.15, -0.1) is 9.75 Å². The molecule has 0 spiro atoms. The second-order valence-electron chi connectivity index (χ2n) is 14.6. The van der Waals surface area contributed by atoms with Gasteiger partial charge in [0.2, 0.25) is 12.3 Å². The number of benzene rings is 2. The number of aromatic nitrogens is 2. The van der Waals surface area contributed by atoms with Crippen LogP contribution in [0.4, 0.5) is 4.79 Å². The summed E-state index contributed by atoms with van der Waals surface area (Å²) in [5.41, 5.74) is -0.0232. The van der Waals surface area contributed by atoms with E-state index in [0.717, 1.165) is 11.1 Å². The highest BCUT2D eigenvalue weighted by molar-refractivity contribution is 6.20.